The highest BCUT2D eigenvalue weighted by molar-refractivity contribution is 5.37. The molecule has 3 heteroatoms. The second-order valence-electron chi connectivity index (χ2n) is 6.10. The first-order valence-electron chi connectivity index (χ1n) is 7.81. The molecule has 0 aromatic heterocycles. The molecule has 1 atom stereocenters. The fraction of sp³-hybridized carbons (Fsp3) is 0.647. The molecule has 0 spiro atoms. The van der Waals surface area contributed by atoms with Gasteiger partial charge in [-0.25, -0.2) is 0 Å². The van der Waals surface area contributed by atoms with Crippen LogP contribution in [0.2, 0.25) is 0 Å². The third kappa shape index (κ3) is 3.15. The highest BCUT2D eigenvalue weighted by atomic mass is 16.5. The van der Waals surface area contributed by atoms with E-state index in [0.717, 1.165) is 25.5 Å². The zero-order valence-electron chi connectivity index (χ0n) is 12.3. The lowest BCUT2D eigenvalue weighted by Gasteiger charge is -2.38. The van der Waals surface area contributed by atoms with Crippen LogP contribution in [-0.4, -0.2) is 32.9 Å². The number of ether oxygens (including phenoxy) is 2. The SMILES string of the molecule is COc1ccccc1C1CC(NCC2CCCOC2)C1. The zero-order chi connectivity index (χ0) is 13.8. The highest BCUT2D eigenvalue weighted by Gasteiger charge is 2.32. The van der Waals surface area contributed by atoms with Gasteiger partial charge >= 0.3 is 0 Å². The van der Waals surface area contributed by atoms with E-state index in [1.165, 1.54) is 31.2 Å². The van der Waals surface area contributed by atoms with Gasteiger partial charge in [0.25, 0.3) is 0 Å². The van der Waals surface area contributed by atoms with Gasteiger partial charge in [-0.2, -0.15) is 0 Å². The van der Waals surface area contributed by atoms with Crippen molar-refractivity contribution < 1.29 is 9.47 Å². The quantitative estimate of drug-likeness (QED) is 0.896. The van der Waals surface area contributed by atoms with Crippen molar-refractivity contribution in [2.45, 2.75) is 37.6 Å². The second-order valence-corrected chi connectivity index (χ2v) is 6.10. The van der Waals surface area contributed by atoms with Crippen LogP contribution in [0.25, 0.3) is 0 Å². The summed E-state index contributed by atoms with van der Waals surface area (Å²) in [7, 11) is 1.76. The highest BCUT2D eigenvalue weighted by Crippen LogP contribution is 2.40. The van der Waals surface area contributed by atoms with Crippen molar-refractivity contribution in [3.05, 3.63) is 29.8 Å². The normalized spacial score (nSPS) is 29.8. The van der Waals surface area contributed by atoms with Gasteiger partial charge in [0.05, 0.1) is 13.7 Å². The average molecular weight is 275 g/mol. The van der Waals surface area contributed by atoms with E-state index in [-0.39, 0.29) is 0 Å². The van der Waals surface area contributed by atoms with E-state index in [2.05, 4.69) is 23.5 Å². The van der Waals surface area contributed by atoms with E-state index < -0.39 is 0 Å². The molecule has 1 aliphatic carbocycles. The zero-order valence-corrected chi connectivity index (χ0v) is 12.3. The summed E-state index contributed by atoms with van der Waals surface area (Å²) in [6, 6.07) is 9.09. The number of rotatable bonds is 5. The number of benzene rings is 1. The van der Waals surface area contributed by atoms with Crippen LogP contribution >= 0.6 is 0 Å². The minimum atomic E-state index is 0.659. The summed E-state index contributed by atoms with van der Waals surface area (Å²) in [6.07, 6.45) is 5.00. The molecule has 0 amide bonds. The van der Waals surface area contributed by atoms with Crippen molar-refractivity contribution in [3.8, 4) is 5.75 Å². The second kappa shape index (κ2) is 6.59. The first-order valence-corrected chi connectivity index (χ1v) is 7.81. The lowest BCUT2D eigenvalue weighted by molar-refractivity contribution is 0.0521. The molecule has 20 heavy (non-hydrogen) atoms. The lowest BCUT2D eigenvalue weighted by Crippen LogP contribution is -2.43. The Balaban J connectivity index is 1.44. The Hall–Kier alpha value is -1.06. The Bertz CT molecular complexity index is 423. The Kier molecular flexibility index (Phi) is 4.58. The summed E-state index contributed by atoms with van der Waals surface area (Å²) in [5.41, 5.74) is 1.37. The van der Waals surface area contributed by atoms with Gasteiger partial charge in [0.15, 0.2) is 0 Å². The number of nitrogens with one attached hydrogen (secondary N) is 1. The molecule has 110 valence electrons. The smallest absolute Gasteiger partial charge is 0.122 e. The predicted octanol–water partition coefficient (Wildman–Crippen LogP) is 2.96. The summed E-state index contributed by atoms with van der Waals surface area (Å²) in [5.74, 6) is 2.41. The van der Waals surface area contributed by atoms with Gasteiger partial charge < -0.3 is 14.8 Å². The lowest BCUT2D eigenvalue weighted by atomic mass is 9.75. The summed E-state index contributed by atoms with van der Waals surface area (Å²) >= 11 is 0. The Morgan fingerprint density at radius 3 is 2.90 bits per heavy atom. The van der Waals surface area contributed by atoms with Crippen molar-refractivity contribution in [2.24, 2.45) is 5.92 Å². The van der Waals surface area contributed by atoms with Crippen molar-refractivity contribution in [3.63, 3.8) is 0 Å². The van der Waals surface area contributed by atoms with E-state index in [1.54, 1.807) is 7.11 Å². The third-order valence-corrected chi connectivity index (χ3v) is 4.67. The van der Waals surface area contributed by atoms with E-state index >= 15 is 0 Å². The fourth-order valence-electron chi connectivity index (χ4n) is 3.34. The molecule has 1 heterocycles. The molecule has 2 aliphatic rings. The van der Waals surface area contributed by atoms with Gasteiger partial charge in [0.1, 0.15) is 5.75 Å². The minimum Gasteiger partial charge on any atom is -0.496 e. The van der Waals surface area contributed by atoms with Crippen molar-refractivity contribution in [2.75, 3.05) is 26.9 Å². The van der Waals surface area contributed by atoms with Gasteiger partial charge in [-0.3, -0.25) is 0 Å². The number of hydrogen-bond acceptors (Lipinski definition) is 3. The molecule has 3 nitrogen and oxygen atoms in total. The van der Waals surface area contributed by atoms with Crippen LogP contribution in [0, 0.1) is 5.92 Å². The van der Waals surface area contributed by atoms with Crippen molar-refractivity contribution in [1.82, 2.24) is 5.32 Å². The molecule has 1 aromatic carbocycles. The summed E-state index contributed by atoms with van der Waals surface area (Å²) < 4.78 is 11.0. The molecule has 1 saturated carbocycles. The predicted molar refractivity (Wildman–Crippen MR) is 80.3 cm³/mol. The standard InChI is InChI=1S/C17H25NO2/c1-19-17-7-3-2-6-16(17)14-9-15(10-14)18-11-13-5-4-8-20-12-13/h2-3,6-7,13-15,18H,4-5,8-12H2,1H3. The maximum absolute atomic E-state index is 5.53. The Morgan fingerprint density at radius 2 is 2.15 bits per heavy atom. The first kappa shape index (κ1) is 13.9. The summed E-state index contributed by atoms with van der Waals surface area (Å²) in [4.78, 5) is 0. The maximum Gasteiger partial charge on any atom is 0.122 e. The topological polar surface area (TPSA) is 30.5 Å². The summed E-state index contributed by atoms with van der Waals surface area (Å²) in [5, 5.41) is 3.71. The molecule has 2 fully saturated rings. The van der Waals surface area contributed by atoms with Gasteiger partial charge in [0.2, 0.25) is 0 Å². The maximum atomic E-state index is 5.53. The van der Waals surface area contributed by atoms with Gasteiger partial charge in [0, 0.05) is 19.2 Å². The first-order chi connectivity index (χ1) is 9.86. The van der Waals surface area contributed by atoms with Crippen LogP contribution in [0.3, 0.4) is 0 Å². The van der Waals surface area contributed by atoms with Gasteiger partial charge in [-0.15, -0.1) is 0 Å². The molecule has 1 aromatic rings. The molecule has 0 bridgehead atoms. The Morgan fingerprint density at radius 1 is 1.30 bits per heavy atom. The molecular weight excluding hydrogens is 250 g/mol. The van der Waals surface area contributed by atoms with E-state index in [0.29, 0.717) is 17.9 Å². The van der Waals surface area contributed by atoms with Crippen molar-refractivity contribution in [1.29, 1.82) is 0 Å². The van der Waals surface area contributed by atoms with E-state index in [1.807, 2.05) is 6.07 Å². The van der Waals surface area contributed by atoms with Crippen LogP contribution in [-0.2, 0) is 4.74 Å². The molecule has 3 rings (SSSR count). The van der Waals surface area contributed by atoms with Crippen LogP contribution in [0.5, 0.6) is 5.75 Å². The van der Waals surface area contributed by atoms with Crippen LogP contribution < -0.4 is 10.1 Å². The van der Waals surface area contributed by atoms with E-state index in [9.17, 15) is 0 Å². The van der Waals surface area contributed by atoms with Crippen LogP contribution in [0.15, 0.2) is 24.3 Å². The van der Waals surface area contributed by atoms with E-state index in [4.69, 9.17) is 9.47 Å². The monoisotopic (exact) mass is 275 g/mol. The molecular formula is C17H25NO2. The minimum absolute atomic E-state index is 0.659. The van der Waals surface area contributed by atoms with Crippen LogP contribution in [0.4, 0.5) is 0 Å². The summed E-state index contributed by atoms with van der Waals surface area (Å²) in [6.45, 7) is 3.01. The number of para-hydroxylation sites is 1. The van der Waals surface area contributed by atoms with Gasteiger partial charge in [-0.1, -0.05) is 18.2 Å². The van der Waals surface area contributed by atoms with Gasteiger partial charge in [-0.05, 0) is 49.1 Å². The molecule has 1 saturated heterocycles. The molecule has 1 aliphatic heterocycles. The Labute approximate surface area is 121 Å². The average Bonchev–Trinajstić information content (AvgIpc) is 2.47. The van der Waals surface area contributed by atoms with Crippen LogP contribution in [0.1, 0.15) is 37.2 Å². The molecule has 1 N–H and O–H groups in total. The third-order valence-electron chi connectivity index (χ3n) is 4.67. The molecule has 0 radical (unpaired) electrons. The van der Waals surface area contributed by atoms with Crippen molar-refractivity contribution >= 4 is 0 Å². The number of methoxy groups -OCH3 is 1. The largest absolute Gasteiger partial charge is 0.496 e. The molecule has 1 unspecified atom stereocenters. The fourth-order valence-corrected chi connectivity index (χ4v) is 3.34. The number of hydrogen-bond donors (Lipinski definition) is 1.